The van der Waals surface area contributed by atoms with Crippen molar-refractivity contribution in [1.29, 1.82) is 0 Å². The molecule has 0 aromatic heterocycles. The first kappa shape index (κ1) is 18.1. The fraction of sp³-hybridized carbons (Fsp3) is 0.611. The summed E-state index contributed by atoms with van der Waals surface area (Å²) in [5.74, 6) is 0.429. The molecule has 1 aliphatic carbocycles. The maximum atomic E-state index is 11.9. The van der Waals surface area contributed by atoms with Crippen molar-refractivity contribution in [3.63, 3.8) is 0 Å². The number of carbonyl (C=O) groups is 1. The van der Waals surface area contributed by atoms with Crippen molar-refractivity contribution in [2.45, 2.75) is 45.6 Å². The lowest BCUT2D eigenvalue weighted by Crippen LogP contribution is -2.44. The number of alkyl carbamates (subject to hydrolysis) is 1. The average Bonchev–Trinajstić information content (AvgIpc) is 3.29. The topological polar surface area (TPSA) is 58.6 Å². The summed E-state index contributed by atoms with van der Waals surface area (Å²) < 4.78 is 5.29. The van der Waals surface area contributed by atoms with Gasteiger partial charge in [0.05, 0.1) is 6.61 Å². The average molecular weight is 340 g/mol. The van der Waals surface area contributed by atoms with Crippen LogP contribution in [0.3, 0.4) is 0 Å². The van der Waals surface area contributed by atoms with E-state index in [4.69, 9.17) is 16.3 Å². The Morgan fingerprint density at radius 3 is 2.39 bits per heavy atom. The largest absolute Gasteiger partial charge is 0.444 e. The van der Waals surface area contributed by atoms with Crippen LogP contribution in [0.5, 0.6) is 0 Å². The smallest absolute Gasteiger partial charge is 0.407 e. The molecule has 1 atom stereocenters. The fourth-order valence-electron chi connectivity index (χ4n) is 2.86. The number of hydrogen-bond acceptors (Lipinski definition) is 3. The molecular formula is C18H26ClNO3. The summed E-state index contributed by atoms with van der Waals surface area (Å²) in [7, 11) is 0. The van der Waals surface area contributed by atoms with Crippen LogP contribution in [-0.4, -0.2) is 30.0 Å². The quantitative estimate of drug-likeness (QED) is 0.828. The lowest BCUT2D eigenvalue weighted by atomic mass is 9.77. The van der Waals surface area contributed by atoms with Gasteiger partial charge in [0, 0.05) is 17.0 Å². The molecule has 1 aromatic carbocycles. The standard InChI is InChI=1S/C18H26ClNO3/c1-17(2,3)23-16(22)20-11-18(12-21,14-6-7-14)10-13-4-8-15(19)9-5-13/h4-5,8-9,14,21H,6-7,10-12H2,1-3H3,(H,20,22). The molecule has 0 radical (unpaired) electrons. The highest BCUT2D eigenvalue weighted by Crippen LogP contribution is 2.47. The molecule has 0 aliphatic heterocycles. The highest BCUT2D eigenvalue weighted by Gasteiger charge is 2.45. The molecule has 4 nitrogen and oxygen atoms in total. The minimum atomic E-state index is -0.526. The van der Waals surface area contributed by atoms with Crippen molar-refractivity contribution in [2.24, 2.45) is 11.3 Å². The van der Waals surface area contributed by atoms with Gasteiger partial charge in [-0.25, -0.2) is 4.79 Å². The van der Waals surface area contributed by atoms with E-state index >= 15 is 0 Å². The molecule has 5 heteroatoms. The zero-order valence-corrected chi connectivity index (χ0v) is 14.8. The van der Waals surface area contributed by atoms with Gasteiger partial charge >= 0.3 is 6.09 Å². The second kappa shape index (κ2) is 7.10. The molecule has 0 spiro atoms. The summed E-state index contributed by atoms with van der Waals surface area (Å²) >= 11 is 5.93. The Bertz CT molecular complexity index is 534. The van der Waals surface area contributed by atoms with Gasteiger partial charge in [-0.15, -0.1) is 0 Å². The first-order chi connectivity index (χ1) is 10.7. The number of hydrogen-bond donors (Lipinski definition) is 2. The molecule has 0 bridgehead atoms. The Morgan fingerprint density at radius 1 is 1.30 bits per heavy atom. The number of ether oxygens (including phenoxy) is 1. The number of aliphatic hydroxyl groups is 1. The SMILES string of the molecule is CC(C)(C)OC(=O)NCC(CO)(Cc1ccc(Cl)cc1)C1CC1. The Morgan fingerprint density at radius 2 is 1.91 bits per heavy atom. The molecule has 2 N–H and O–H groups in total. The van der Waals surface area contributed by atoms with Crippen molar-refractivity contribution in [2.75, 3.05) is 13.2 Å². The Kier molecular flexibility index (Phi) is 5.58. The molecule has 0 saturated heterocycles. The summed E-state index contributed by atoms with van der Waals surface area (Å²) in [6.07, 6.45) is 2.45. The van der Waals surface area contributed by atoms with Gasteiger partial charge in [-0.2, -0.15) is 0 Å². The lowest BCUT2D eigenvalue weighted by Gasteiger charge is -2.33. The van der Waals surface area contributed by atoms with Crippen molar-refractivity contribution in [3.05, 3.63) is 34.9 Å². The highest BCUT2D eigenvalue weighted by atomic mass is 35.5. The summed E-state index contributed by atoms with van der Waals surface area (Å²) in [5, 5.41) is 13.6. The van der Waals surface area contributed by atoms with Crippen LogP contribution in [0.2, 0.25) is 5.02 Å². The van der Waals surface area contributed by atoms with Gasteiger partial charge in [0.15, 0.2) is 0 Å². The van der Waals surface area contributed by atoms with Gasteiger partial charge in [-0.3, -0.25) is 0 Å². The van der Waals surface area contributed by atoms with Crippen LogP contribution in [0.1, 0.15) is 39.2 Å². The molecule has 23 heavy (non-hydrogen) atoms. The fourth-order valence-corrected chi connectivity index (χ4v) is 2.98. The minimum absolute atomic E-state index is 0.0378. The first-order valence-electron chi connectivity index (χ1n) is 8.06. The van der Waals surface area contributed by atoms with Gasteiger partial charge in [-0.1, -0.05) is 23.7 Å². The predicted octanol–water partition coefficient (Wildman–Crippen LogP) is 3.80. The second-order valence-electron chi connectivity index (χ2n) is 7.45. The van der Waals surface area contributed by atoms with Crippen LogP contribution in [0.15, 0.2) is 24.3 Å². The van der Waals surface area contributed by atoms with E-state index in [9.17, 15) is 9.90 Å². The number of aliphatic hydroxyl groups excluding tert-OH is 1. The molecule has 1 aliphatic rings. The normalized spacial score (nSPS) is 17.4. The zero-order valence-electron chi connectivity index (χ0n) is 14.1. The lowest BCUT2D eigenvalue weighted by molar-refractivity contribution is 0.0439. The third-order valence-corrected chi connectivity index (χ3v) is 4.46. The molecule has 0 heterocycles. The van der Waals surface area contributed by atoms with E-state index in [1.165, 1.54) is 0 Å². The third-order valence-electron chi connectivity index (χ3n) is 4.21. The Hall–Kier alpha value is -1.26. The molecular weight excluding hydrogens is 314 g/mol. The van der Waals surface area contributed by atoms with Crippen LogP contribution in [0.25, 0.3) is 0 Å². The van der Waals surface area contributed by atoms with Gasteiger partial charge in [0.1, 0.15) is 5.60 Å². The Labute approximate surface area is 143 Å². The van der Waals surface area contributed by atoms with Crippen LogP contribution in [0.4, 0.5) is 4.79 Å². The molecule has 2 rings (SSSR count). The summed E-state index contributed by atoms with van der Waals surface area (Å²) in [4.78, 5) is 11.9. The van der Waals surface area contributed by atoms with Crippen LogP contribution >= 0.6 is 11.6 Å². The van der Waals surface area contributed by atoms with Crippen molar-refractivity contribution >= 4 is 17.7 Å². The van der Waals surface area contributed by atoms with Crippen LogP contribution < -0.4 is 5.32 Å². The van der Waals surface area contributed by atoms with Crippen molar-refractivity contribution in [1.82, 2.24) is 5.32 Å². The predicted molar refractivity (Wildman–Crippen MR) is 91.6 cm³/mol. The van der Waals surface area contributed by atoms with E-state index < -0.39 is 11.7 Å². The van der Waals surface area contributed by atoms with E-state index in [-0.39, 0.29) is 12.0 Å². The highest BCUT2D eigenvalue weighted by molar-refractivity contribution is 6.30. The third kappa shape index (κ3) is 5.40. The van der Waals surface area contributed by atoms with Gasteiger partial charge in [-0.05, 0) is 63.6 Å². The molecule has 1 aromatic rings. The summed E-state index contributed by atoms with van der Waals surface area (Å²) in [6.45, 7) is 5.95. The second-order valence-corrected chi connectivity index (χ2v) is 7.89. The van der Waals surface area contributed by atoms with Crippen molar-refractivity contribution in [3.8, 4) is 0 Å². The molecule has 1 saturated carbocycles. The van der Waals surface area contributed by atoms with E-state index in [1.54, 1.807) is 0 Å². The van der Waals surface area contributed by atoms with Crippen LogP contribution in [0, 0.1) is 11.3 Å². The van der Waals surface area contributed by atoms with E-state index in [2.05, 4.69) is 5.32 Å². The Balaban J connectivity index is 2.04. The van der Waals surface area contributed by atoms with E-state index in [0.717, 1.165) is 18.4 Å². The van der Waals surface area contributed by atoms with Gasteiger partial charge in [0.25, 0.3) is 0 Å². The zero-order chi connectivity index (χ0) is 17.1. The monoisotopic (exact) mass is 339 g/mol. The number of rotatable bonds is 6. The van der Waals surface area contributed by atoms with Gasteiger partial charge < -0.3 is 15.2 Å². The van der Waals surface area contributed by atoms with Crippen molar-refractivity contribution < 1.29 is 14.6 Å². The first-order valence-corrected chi connectivity index (χ1v) is 8.44. The number of nitrogens with one attached hydrogen (secondary N) is 1. The maximum absolute atomic E-state index is 11.9. The number of amides is 1. The molecule has 128 valence electrons. The van der Waals surface area contributed by atoms with Gasteiger partial charge in [0.2, 0.25) is 0 Å². The molecule has 1 fully saturated rings. The maximum Gasteiger partial charge on any atom is 0.407 e. The molecule has 1 unspecified atom stereocenters. The molecule has 1 amide bonds. The number of halogens is 1. The summed E-state index contributed by atoms with van der Waals surface area (Å²) in [6, 6.07) is 7.66. The number of carbonyl (C=O) groups excluding carboxylic acids is 1. The van der Waals surface area contributed by atoms with Crippen LogP contribution in [-0.2, 0) is 11.2 Å². The van der Waals surface area contributed by atoms with E-state index in [1.807, 2.05) is 45.0 Å². The minimum Gasteiger partial charge on any atom is -0.444 e. The van der Waals surface area contributed by atoms with E-state index in [0.29, 0.717) is 23.9 Å². The summed E-state index contributed by atoms with van der Waals surface area (Å²) in [5.41, 5.74) is 0.244. The number of benzene rings is 1.